The number of amides is 2. The summed E-state index contributed by atoms with van der Waals surface area (Å²) in [6, 6.07) is -0.571. The molecule has 0 saturated carbocycles. The van der Waals surface area contributed by atoms with Crippen molar-refractivity contribution in [1.82, 2.24) is 10.6 Å². The van der Waals surface area contributed by atoms with Gasteiger partial charge in [-0.3, -0.25) is 4.79 Å². The fourth-order valence-corrected chi connectivity index (χ4v) is 1.76. The number of hydrogen-bond donors (Lipinski definition) is 3. The van der Waals surface area contributed by atoms with E-state index in [0.29, 0.717) is 19.4 Å². The van der Waals surface area contributed by atoms with Gasteiger partial charge in [0, 0.05) is 12.6 Å². The smallest absolute Gasteiger partial charge is 0.407 e. The van der Waals surface area contributed by atoms with Crippen LogP contribution in [-0.2, 0) is 14.3 Å². The van der Waals surface area contributed by atoms with Gasteiger partial charge in [0.05, 0.1) is 6.42 Å². The van der Waals surface area contributed by atoms with Gasteiger partial charge in [-0.25, -0.2) is 9.59 Å². The van der Waals surface area contributed by atoms with E-state index in [1.807, 2.05) is 0 Å². The number of hydrogen-bond acceptors (Lipinski definition) is 5. The van der Waals surface area contributed by atoms with Gasteiger partial charge in [-0.05, 0) is 54.4 Å². The summed E-state index contributed by atoms with van der Waals surface area (Å²) < 4.78 is 10.2. The maximum Gasteiger partial charge on any atom is 0.407 e. The fourth-order valence-electron chi connectivity index (χ4n) is 1.76. The standard InChI is InChI=1S/C16H30N2O6/c1-15(2,3)23-13(21)17-9-7-8-11(10-12(19)20)18-14(22)24-16(4,5)6/h11H,7-10H2,1-6H3,(H,17,21)(H,18,22)(H,19,20)/t11-/m0/s1. The predicted molar refractivity (Wildman–Crippen MR) is 88.9 cm³/mol. The lowest BCUT2D eigenvalue weighted by Crippen LogP contribution is -2.40. The normalized spacial score (nSPS) is 12.9. The van der Waals surface area contributed by atoms with Crippen LogP contribution in [0.2, 0.25) is 0 Å². The summed E-state index contributed by atoms with van der Waals surface area (Å²) in [5, 5.41) is 14.1. The first-order chi connectivity index (χ1) is 10.8. The summed E-state index contributed by atoms with van der Waals surface area (Å²) in [5.41, 5.74) is -1.23. The van der Waals surface area contributed by atoms with E-state index in [1.165, 1.54) is 0 Å². The highest BCUT2D eigenvalue weighted by Crippen LogP contribution is 2.09. The van der Waals surface area contributed by atoms with Crippen LogP contribution in [0.15, 0.2) is 0 Å². The molecule has 0 aliphatic rings. The molecule has 0 aromatic carbocycles. The first-order valence-electron chi connectivity index (χ1n) is 7.96. The van der Waals surface area contributed by atoms with Gasteiger partial charge >= 0.3 is 18.2 Å². The molecule has 0 saturated heterocycles. The van der Waals surface area contributed by atoms with Gasteiger partial charge in [-0.15, -0.1) is 0 Å². The molecule has 0 radical (unpaired) electrons. The summed E-state index contributed by atoms with van der Waals surface area (Å²) in [7, 11) is 0. The largest absolute Gasteiger partial charge is 0.481 e. The average molecular weight is 346 g/mol. The van der Waals surface area contributed by atoms with Crippen LogP contribution >= 0.6 is 0 Å². The number of alkyl carbamates (subject to hydrolysis) is 2. The van der Waals surface area contributed by atoms with Crippen LogP contribution in [0.5, 0.6) is 0 Å². The lowest BCUT2D eigenvalue weighted by atomic mass is 10.1. The Balaban J connectivity index is 4.27. The second kappa shape index (κ2) is 9.34. The van der Waals surface area contributed by atoms with Gasteiger partial charge < -0.3 is 25.2 Å². The van der Waals surface area contributed by atoms with E-state index < -0.39 is 35.4 Å². The molecule has 2 amide bonds. The van der Waals surface area contributed by atoms with E-state index in [1.54, 1.807) is 41.5 Å². The molecule has 0 aliphatic carbocycles. The highest BCUT2D eigenvalue weighted by atomic mass is 16.6. The first kappa shape index (κ1) is 22.0. The highest BCUT2D eigenvalue weighted by Gasteiger charge is 2.21. The molecular formula is C16H30N2O6. The number of nitrogens with one attached hydrogen (secondary N) is 2. The van der Waals surface area contributed by atoms with Crippen molar-refractivity contribution in [1.29, 1.82) is 0 Å². The Morgan fingerprint density at radius 2 is 1.46 bits per heavy atom. The average Bonchev–Trinajstić information content (AvgIpc) is 2.28. The summed E-state index contributed by atoms with van der Waals surface area (Å²) >= 11 is 0. The Kier molecular flexibility index (Phi) is 8.57. The van der Waals surface area contributed by atoms with Crippen molar-refractivity contribution in [2.24, 2.45) is 0 Å². The summed E-state index contributed by atoms with van der Waals surface area (Å²) in [5.74, 6) is -1.02. The minimum absolute atomic E-state index is 0.217. The quantitative estimate of drug-likeness (QED) is 0.611. The molecule has 8 heteroatoms. The Bertz CT molecular complexity index is 437. The topological polar surface area (TPSA) is 114 Å². The molecule has 3 N–H and O–H groups in total. The van der Waals surface area contributed by atoms with E-state index in [4.69, 9.17) is 14.6 Å². The number of carboxylic acids is 1. The summed E-state index contributed by atoms with van der Waals surface area (Å²) in [4.78, 5) is 34.1. The monoisotopic (exact) mass is 346 g/mol. The maximum absolute atomic E-state index is 11.7. The zero-order chi connectivity index (χ0) is 19.0. The van der Waals surface area contributed by atoms with E-state index in [0.717, 1.165) is 0 Å². The van der Waals surface area contributed by atoms with Crippen molar-refractivity contribution in [3.63, 3.8) is 0 Å². The van der Waals surface area contributed by atoms with Crippen molar-refractivity contribution in [3.05, 3.63) is 0 Å². The number of carbonyl (C=O) groups excluding carboxylic acids is 2. The third-order valence-electron chi connectivity index (χ3n) is 2.54. The van der Waals surface area contributed by atoms with Gasteiger partial charge in [0.25, 0.3) is 0 Å². The number of carbonyl (C=O) groups is 3. The van der Waals surface area contributed by atoms with Crippen LogP contribution in [0.25, 0.3) is 0 Å². The van der Waals surface area contributed by atoms with Crippen molar-refractivity contribution in [3.8, 4) is 0 Å². The minimum atomic E-state index is -1.02. The van der Waals surface area contributed by atoms with Crippen LogP contribution in [0, 0.1) is 0 Å². The molecule has 0 fully saturated rings. The lowest BCUT2D eigenvalue weighted by Gasteiger charge is -2.23. The van der Waals surface area contributed by atoms with Gasteiger partial charge in [0.15, 0.2) is 0 Å². The minimum Gasteiger partial charge on any atom is -0.481 e. The van der Waals surface area contributed by atoms with E-state index in [2.05, 4.69) is 10.6 Å². The second-order valence-electron chi connectivity index (χ2n) is 7.51. The van der Waals surface area contributed by atoms with Crippen molar-refractivity contribution in [2.75, 3.05) is 6.54 Å². The van der Waals surface area contributed by atoms with E-state index in [9.17, 15) is 14.4 Å². The number of ether oxygens (including phenoxy) is 2. The molecule has 0 bridgehead atoms. The Hall–Kier alpha value is -1.99. The lowest BCUT2D eigenvalue weighted by molar-refractivity contribution is -0.137. The number of aliphatic carboxylic acids is 1. The van der Waals surface area contributed by atoms with Crippen LogP contribution in [-0.4, -0.2) is 47.1 Å². The van der Waals surface area contributed by atoms with Gasteiger partial charge in [0.2, 0.25) is 0 Å². The van der Waals surface area contributed by atoms with Crippen LogP contribution in [0.1, 0.15) is 60.8 Å². The van der Waals surface area contributed by atoms with Gasteiger partial charge in [-0.2, -0.15) is 0 Å². The predicted octanol–water partition coefficient (Wildman–Crippen LogP) is 2.66. The maximum atomic E-state index is 11.7. The molecule has 8 nitrogen and oxygen atoms in total. The second-order valence-corrected chi connectivity index (χ2v) is 7.51. The molecule has 0 aromatic heterocycles. The Morgan fingerprint density at radius 1 is 0.958 bits per heavy atom. The highest BCUT2D eigenvalue weighted by molar-refractivity contribution is 5.71. The molecule has 0 rings (SSSR count). The van der Waals surface area contributed by atoms with Crippen LogP contribution in [0.3, 0.4) is 0 Å². The third-order valence-corrected chi connectivity index (χ3v) is 2.54. The van der Waals surface area contributed by atoms with Crippen molar-refractivity contribution in [2.45, 2.75) is 78.0 Å². The Morgan fingerprint density at radius 3 is 1.92 bits per heavy atom. The molecule has 0 heterocycles. The fraction of sp³-hybridized carbons (Fsp3) is 0.812. The van der Waals surface area contributed by atoms with E-state index >= 15 is 0 Å². The molecule has 24 heavy (non-hydrogen) atoms. The number of rotatable bonds is 7. The van der Waals surface area contributed by atoms with Gasteiger partial charge in [0.1, 0.15) is 11.2 Å². The molecule has 1 atom stereocenters. The zero-order valence-electron chi connectivity index (χ0n) is 15.4. The van der Waals surface area contributed by atoms with Gasteiger partial charge in [-0.1, -0.05) is 0 Å². The SMILES string of the molecule is CC(C)(C)OC(=O)NCCC[C@@H](CC(=O)O)NC(=O)OC(C)(C)C. The van der Waals surface area contributed by atoms with Crippen LogP contribution in [0.4, 0.5) is 9.59 Å². The Labute approximate surface area is 143 Å². The third kappa shape index (κ3) is 13.7. The molecule has 0 unspecified atom stereocenters. The van der Waals surface area contributed by atoms with Crippen LogP contribution < -0.4 is 10.6 Å². The molecular weight excluding hydrogens is 316 g/mol. The molecule has 0 spiro atoms. The molecule has 0 aliphatic heterocycles. The molecule has 140 valence electrons. The summed E-state index contributed by atoms with van der Waals surface area (Å²) in [6.45, 7) is 10.8. The van der Waals surface area contributed by atoms with E-state index in [-0.39, 0.29) is 6.42 Å². The molecule has 0 aromatic rings. The number of carboxylic acid groups (broad SMARTS) is 1. The summed E-state index contributed by atoms with van der Waals surface area (Å²) in [6.07, 6.45) is -0.522. The first-order valence-corrected chi connectivity index (χ1v) is 7.96. The van der Waals surface area contributed by atoms with Crippen molar-refractivity contribution < 1.29 is 29.0 Å². The zero-order valence-corrected chi connectivity index (χ0v) is 15.4. The van der Waals surface area contributed by atoms with Crippen molar-refractivity contribution >= 4 is 18.2 Å².